The Morgan fingerprint density at radius 3 is 2.38 bits per heavy atom. The van der Waals surface area contributed by atoms with Crippen LogP contribution in [0, 0.1) is 19.8 Å². The van der Waals surface area contributed by atoms with E-state index >= 15 is 0 Å². The van der Waals surface area contributed by atoms with Gasteiger partial charge in [0.2, 0.25) is 10.0 Å². The third kappa shape index (κ3) is 2.82. The first-order chi connectivity index (χ1) is 9.64. The van der Waals surface area contributed by atoms with E-state index in [4.69, 9.17) is 5.11 Å². The van der Waals surface area contributed by atoms with Gasteiger partial charge in [-0.05, 0) is 56.4 Å². The largest absolute Gasteiger partial charge is 0.478 e. The van der Waals surface area contributed by atoms with Crippen molar-refractivity contribution in [3.8, 4) is 0 Å². The van der Waals surface area contributed by atoms with E-state index in [1.807, 2.05) is 13.8 Å². The van der Waals surface area contributed by atoms with Crippen molar-refractivity contribution in [2.75, 3.05) is 6.54 Å². The number of sulfonamides is 1. The lowest BCUT2D eigenvalue weighted by atomic mass is 10.1. The number of carbonyl (C=O) groups is 1. The Morgan fingerprint density at radius 2 is 1.90 bits per heavy atom. The smallest absolute Gasteiger partial charge is 0.335 e. The lowest BCUT2D eigenvalue weighted by Gasteiger charge is -2.23. The molecule has 0 radical (unpaired) electrons. The Labute approximate surface area is 125 Å². The van der Waals surface area contributed by atoms with E-state index in [0.29, 0.717) is 23.6 Å². The molecule has 6 heteroatoms. The summed E-state index contributed by atoms with van der Waals surface area (Å²) in [7, 11) is -3.66. The maximum atomic E-state index is 12.9. The summed E-state index contributed by atoms with van der Waals surface area (Å²) in [5.41, 5.74) is 1.30. The average molecular weight is 311 g/mol. The van der Waals surface area contributed by atoms with Gasteiger partial charge in [-0.3, -0.25) is 0 Å². The van der Waals surface area contributed by atoms with E-state index < -0.39 is 16.0 Å². The first-order valence-electron chi connectivity index (χ1n) is 7.01. The highest BCUT2D eigenvalue weighted by Gasteiger charge is 2.37. The molecule has 0 aromatic heterocycles. The molecular formula is C15H21NO4S. The van der Waals surface area contributed by atoms with Crippen molar-refractivity contribution in [3.63, 3.8) is 0 Å². The summed E-state index contributed by atoms with van der Waals surface area (Å²) in [5.74, 6) is -0.795. The minimum absolute atomic E-state index is 0.0107. The topological polar surface area (TPSA) is 74.7 Å². The molecule has 1 saturated heterocycles. The third-order valence-electron chi connectivity index (χ3n) is 4.18. The third-order valence-corrected chi connectivity index (χ3v) is 6.29. The standard InChI is InChI=1S/C15H21NO4S/c1-9-5-11(3)16(8-9)21(19,20)14-7-13(15(17)18)6-10(2)12(14)4/h6-7,9,11H,5,8H2,1-4H3,(H,17,18). The first kappa shape index (κ1) is 16.0. The van der Waals surface area contributed by atoms with Crippen molar-refractivity contribution in [1.82, 2.24) is 4.31 Å². The Morgan fingerprint density at radius 1 is 1.29 bits per heavy atom. The van der Waals surface area contributed by atoms with Crippen LogP contribution in [0.1, 0.15) is 41.8 Å². The van der Waals surface area contributed by atoms with E-state index in [1.165, 1.54) is 16.4 Å². The fourth-order valence-corrected chi connectivity index (χ4v) is 5.03. The van der Waals surface area contributed by atoms with Gasteiger partial charge in [-0.1, -0.05) is 6.92 Å². The molecule has 0 aliphatic carbocycles. The van der Waals surface area contributed by atoms with E-state index in [0.717, 1.165) is 6.42 Å². The molecule has 0 bridgehead atoms. The minimum atomic E-state index is -3.66. The van der Waals surface area contributed by atoms with Gasteiger partial charge in [0.25, 0.3) is 0 Å². The number of carboxylic acid groups (broad SMARTS) is 1. The van der Waals surface area contributed by atoms with Crippen LogP contribution in [0.5, 0.6) is 0 Å². The Bertz CT molecular complexity index is 681. The zero-order chi connectivity index (χ0) is 15.9. The average Bonchev–Trinajstić information content (AvgIpc) is 2.71. The molecule has 0 spiro atoms. The van der Waals surface area contributed by atoms with Crippen LogP contribution in [-0.2, 0) is 10.0 Å². The highest BCUT2D eigenvalue weighted by molar-refractivity contribution is 7.89. The Kier molecular flexibility index (Phi) is 4.13. The predicted molar refractivity (Wildman–Crippen MR) is 80.0 cm³/mol. The van der Waals surface area contributed by atoms with Crippen LogP contribution < -0.4 is 0 Å². The summed E-state index contributed by atoms with van der Waals surface area (Å²) in [4.78, 5) is 11.3. The quantitative estimate of drug-likeness (QED) is 0.930. The lowest BCUT2D eigenvalue weighted by Crippen LogP contribution is -2.34. The molecule has 2 rings (SSSR count). The molecule has 1 heterocycles. The molecule has 1 N–H and O–H groups in total. The number of carboxylic acids is 1. The summed E-state index contributed by atoms with van der Waals surface area (Å²) in [6, 6.07) is 2.72. The summed E-state index contributed by atoms with van der Waals surface area (Å²) in [6.07, 6.45) is 0.829. The van der Waals surface area contributed by atoms with Gasteiger partial charge < -0.3 is 5.11 Å². The number of hydrogen-bond donors (Lipinski definition) is 1. The molecule has 5 nitrogen and oxygen atoms in total. The Hall–Kier alpha value is -1.40. The van der Waals surface area contributed by atoms with Crippen LogP contribution in [0.3, 0.4) is 0 Å². The highest BCUT2D eigenvalue weighted by atomic mass is 32.2. The molecule has 2 atom stereocenters. The number of rotatable bonds is 3. The van der Waals surface area contributed by atoms with Gasteiger partial charge in [0, 0.05) is 12.6 Å². The molecule has 1 aliphatic rings. The second kappa shape index (κ2) is 5.42. The second-order valence-corrected chi connectivity index (χ2v) is 7.85. The van der Waals surface area contributed by atoms with Crippen molar-refractivity contribution in [2.24, 2.45) is 5.92 Å². The molecular weight excluding hydrogens is 290 g/mol. The normalized spacial score (nSPS) is 23.4. The molecule has 1 fully saturated rings. The summed E-state index contributed by atoms with van der Waals surface area (Å²) >= 11 is 0. The molecule has 1 aliphatic heterocycles. The zero-order valence-corrected chi connectivity index (χ0v) is 13.6. The number of hydrogen-bond acceptors (Lipinski definition) is 3. The van der Waals surface area contributed by atoms with Crippen LogP contribution in [0.2, 0.25) is 0 Å². The SMILES string of the molecule is Cc1cc(C(=O)O)cc(S(=O)(=O)N2CC(C)CC2C)c1C. The lowest BCUT2D eigenvalue weighted by molar-refractivity contribution is 0.0696. The number of aromatic carboxylic acids is 1. The van der Waals surface area contributed by atoms with Crippen LogP contribution in [0.4, 0.5) is 0 Å². The fraction of sp³-hybridized carbons (Fsp3) is 0.533. The fourth-order valence-electron chi connectivity index (χ4n) is 2.94. The highest BCUT2D eigenvalue weighted by Crippen LogP contribution is 2.31. The summed E-state index contributed by atoms with van der Waals surface area (Å²) in [6.45, 7) is 7.86. The van der Waals surface area contributed by atoms with Crippen LogP contribution in [0.15, 0.2) is 17.0 Å². The van der Waals surface area contributed by atoms with Gasteiger partial charge in [0.05, 0.1) is 10.5 Å². The number of aryl methyl sites for hydroxylation is 1. The van der Waals surface area contributed by atoms with E-state index in [-0.39, 0.29) is 16.5 Å². The molecule has 0 amide bonds. The monoisotopic (exact) mass is 311 g/mol. The number of nitrogens with zero attached hydrogens (tertiary/aromatic N) is 1. The molecule has 21 heavy (non-hydrogen) atoms. The van der Waals surface area contributed by atoms with E-state index in [1.54, 1.807) is 13.8 Å². The summed E-state index contributed by atoms with van der Waals surface area (Å²) < 4.78 is 27.2. The predicted octanol–water partition coefficient (Wildman–Crippen LogP) is 2.42. The van der Waals surface area contributed by atoms with Crippen LogP contribution >= 0.6 is 0 Å². The van der Waals surface area contributed by atoms with Gasteiger partial charge in [0.1, 0.15) is 0 Å². The summed E-state index contributed by atoms with van der Waals surface area (Å²) in [5, 5.41) is 9.14. The van der Waals surface area contributed by atoms with Crippen molar-refractivity contribution in [2.45, 2.75) is 45.1 Å². The first-order valence-corrected chi connectivity index (χ1v) is 8.45. The Balaban J connectivity index is 2.57. The van der Waals surface area contributed by atoms with Crippen molar-refractivity contribution in [3.05, 3.63) is 28.8 Å². The van der Waals surface area contributed by atoms with Gasteiger partial charge in [-0.25, -0.2) is 13.2 Å². The second-order valence-electron chi connectivity index (χ2n) is 5.99. The van der Waals surface area contributed by atoms with Gasteiger partial charge >= 0.3 is 5.97 Å². The molecule has 2 unspecified atom stereocenters. The van der Waals surface area contributed by atoms with Gasteiger partial charge in [0.15, 0.2) is 0 Å². The van der Waals surface area contributed by atoms with Gasteiger partial charge in [-0.2, -0.15) is 4.31 Å². The van der Waals surface area contributed by atoms with Crippen molar-refractivity contribution >= 4 is 16.0 Å². The maximum absolute atomic E-state index is 12.9. The van der Waals surface area contributed by atoms with E-state index in [9.17, 15) is 13.2 Å². The van der Waals surface area contributed by atoms with Crippen molar-refractivity contribution in [1.29, 1.82) is 0 Å². The van der Waals surface area contributed by atoms with Crippen LogP contribution in [0.25, 0.3) is 0 Å². The van der Waals surface area contributed by atoms with E-state index in [2.05, 4.69) is 0 Å². The van der Waals surface area contributed by atoms with Crippen LogP contribution in [-0.4, -0.2) is 36.4 Å². The van der Waals surface area contributed by atoms with Crippen molar-refractivity contribution < 1.29 is 18.3 Å². The van der Waals surface area contributed by atoms with Gasteiger partial charge in [-0.15, -0.1) is 0 Å². The molecule has 0 saturated carbocycles. The molecule has 1 aromatic rings. The molecule has 116 valence electrons. The number of benzene rings is 1. The zero-order valence-electron chi connectivity index (χ0n) is 12.8. The maximum Gasteiger partial charge on any atom is 0.335 e. The minimum Gasteiger partial charge on any atom is -0.478 e. The molecule has 1 aromatic carbocycles.